The second-order valence-electron chi connectivity index (χ2n) is 2.44. The summed E-state index contributed by atoms with van der Waals surface area (Å²) in [5.41, 5.74) is 0. The Morgan fingerprint density at radius 2 is 2.10 bits per heavy atom. The van der Waals surface area contributed by atoms with Gasteiger partial charge in [0.1, 0.15) is 0 Å². The van der Waals surface area contributed by atoms with Gasteiger partial charge in [-0.1, -0.05) is 6.92 Å². The van der Waals surface area contributed by atoms with Crippen LogP contribution in [0.15, 0.2) is 0 Å². The molecular formula is C8H19NO. The van der Waals surface area contributed by atoms with Gasteiger partial charge in [0.2, 0.25) is 0 Å². The molecule has 0 aliphatic rings. The van der Waals surface area contributed by atoms with E-state index in [4.69, 9.17) is 4.74 Å². The molecule has 10 heavy (non-hydrogen) atoms. The van der Waals surface area contributed by atoms with E-state index in [1.54, 1.807) is 0 Å². The summed E-state index contributed by atoms with van der Waals surface area (Å²) < 4.78 is 5.21. The van der Waals surface area contributed by atoms with Crippen LogP contribution in [0.4, 0.5) is 0 Å². The molecule has 0 saturated heterocycles. The third-order valence-electron chi connectivity index (χ3n) is 1.45. The van der Waals surface area contributed by atoms with Gasteiger partial charge in [-0.15, -0.1) is 0 Å². The number of hydrogen-bond donors (Lipinski definition) is 1. The topological polar surface area (TPSA) is 21.3 Å². The largest absolute Gasteiger partial charge is 0.382 e. The highest BCUT2D eigenvalue weighted by molar-refractivity contribution is 4.57. The summed E-state index contributed by atoms with van der Waals surface area (Å²) in [4.78, 5) is 0. The van der Waals surface area contributed by atoms with E-state index in [0.29, 0.717) is 6.04 Å². The summed E-state index contributed by atoms with van der Waals surface area (Å²) in [7, 11) is 0. The monoisotopic (exact) mass is 145 g/mol. The lowest BCUT2D eigenvalue weighted by atomic mass is 10.2. The molecular weight excluding hydrogens is 126 g/mol. The molecule has 0 rings (SSSR count). The van der Waals surface area contributed by atoms with Crippen molar-refractivity contribution in [1.82, 2.24) is 5.32 Å². The van der Waals surface area contributed by atoms with Crippen LogP contribution >= 0.6 is 0 Å². The highest BCUT2D eigenvalue weighted by Crippen LogP contribution is 1.90. The van der Waals surface area contributed by atoms with E-state index in [1.807, 2.05) is 6.92 Å². The first-order valence-electron chi connectivity index (χ1n) is 4.12. The summed E-state index contributed by atoms with van der Waals surface area (Å²) in [5.74, 6) is 0. The van der Waals surface area contributed by atoms with Gasteiger partial charge in [0.15, 0.2) is 0 Å². The average Bonchev–Trinajstić information content (AvgIpc) is 1.89. The molecule has 0 aliphatic carbocycles. The molecule has 0 aliphatic heterocycles. The van der Waals surface area contributed by atoms with Crippen LogP contribution in [0.1, 0.15) is 27.2 Å². The maximum atomic E-state index is 5.21. The molecule has 0 aromatic carbocycles. The Morgan fingerprint density at radius 3 is 2.60 bits per heavy atom. The SMILES string of the molecule is CCNC(C)CCOCC. The summed E-state index contributed by atoms with van der Waals surface area (Å²) >= 11 is 0. The van der Waals surface area contributed by atoms with Crippen LogP contribution in [0.3, 0.4) is 0 Å². The van der Waals surface area contributed by atoms with Crippen molar-refractivity contribution in [2.45, 2.75) is 33.2 Å². The van der Waals surface area contributed by atoms with Gasteiger partial charge in [0, 0.05) is 19.3 Å². The Bertz CT molecular complexity index is 66.3. The molecule has 1 atom stereocenters. The van der Waals surface area contributed by atoms with Gasteiger partial charge < -0.3 is 10.1 Å². The molecule has 0 radical (unpaired) electrons. The van der Waals surface area contributed by atoms with E-state index >= 15 is 0 Å². The molecule has 0 aromatic heterocycles. The van der Waals surface area contributed by atoms with E-state index < -0.39 is 0 Å². The van der Waals surface area contributed by atoms with Crippen LogP contribution in [-0.4, -0.2) is 25.8 Å². The van der Waals surface area contributed by atoms with Gasteiger partial charge in [-0.05, 0) is 26.8 Å². The summed E-state index contributed by atoms with van der Waals surface area (Å²) in [5, 5.41) is 3.32. The fourth-order valence-electron chi connectivity index (χ4n) is 0.855. The first-order valence-corrected chi connectivity index (χ1v) is 4.12. The van der Waals surface area contributed by atoms with E-state index in [2.05, 4.69) is 19.2 Å². The van der Waals surface area contributed by atoms with E-state index in [-0.39, 0.29) is 0 Å². The summed E-state index contributed by atoms with van der Waals surface area (Å²) in [6.07, 6.45) is 1.11. The van der Waals surface area contributed by atoms with Crippen molar-refractivity contribution < 1.29 is 4.74 Å². The smallest absolute Gasteiger partial charge is 0.0480 e. The minimum atomic E-state index is 0.594. The fraction of sp³-hybridized carbons (Fsp3) is 1.00. The van der Waals surface area contributed by atoms with Crippen molar-refractivity contribution in [2.75, 3.05) is 19.8 Å². The highest BCUT2D eigenvalue weighted by Gasteiger charge is 1.96. The predicted molar refractivity (Wildman–Crippen MR) is 44.2 cm³/mol. The second-order valence-corrected chi connectivity index (χ2v) is 2.44. The Labute approximate surface area is 64.0 Å². The zero-order valence-corrected chi connectivity index (χ0v) is 7.31. The van der Waals surface area contributed by atoms with Gasteiger partial charge >= 0.3 is 0 Å². The van der Waals surface area contributed by atoms with Gasteiger partial charge in [-0.3, -0.25) is 0 Å². The van der Waals surface area contributed by atoms with Crippen molar-refractivity contribution in [2.24, 2.45) is 0 Å². The normalized spacial score (nSPS) is 13.5. The minimum Gasteiger partial charge on any atom is -0.382 e. The maximum absolute atomic E-state index is 5.21. The molecule has 62 valence electrons. The first-order chi connectivity index (χ1) is 4.81. The van der Waals surface area contributed by atoms with E-state index in [1.165, 1.54) is 0 Å². The molecule has 0 aromatic rings. The standard InChI is InChI=1S/C8H19NO/c1-4-9-8(3)6-7-10-5-2/h8-9H,4-7H2,1-3H3. The number of nitrogens with one attached hydrogen (secondary N) is 1. The number of rotatable bonds is 6. The van der Waals surface area contributed by atoms with Gasteiger partial charge in [0.25, 0.3) is 0 Å². The molecule has 0 heterocycles. The average molecular weight is 145 g/mol. The predicted octanol–water partition coefficient (Wildman–Crippen LogP) is 1.41. The molecule has 0 fully saturated rings. The van der Waals surface area contributed by atoms with Crippen molar-refractivity contribution >= 4 is 0 Å². The van der Waals surface area contributed by atoms with Crippen molar-refractivity contribution in [3.8, 4) is 0 Å². The summed E-state index contributed by atoms with van der Waals surface area (Å²) in [6.45, 7) is 9.09. The lowest BCUT2D eigenvalue weighted by Gasteiger charge is -2.10. The molecule has 0 amide bonds. The van der Waals surface area contributed by atoms with Crippen LogP contribution in [0.5, 0.6) is 0 Å². The second kappa shape index (κ2) is 7.03. The molecule has 2 heteroatoms. The number of ether oxygens (including phenoxy) is 1. The number of hydrogen-bond acceptors (Lipinski definition) is 2. The molecule has 0 spiro atoms. The third-order valence-corrected chi connectivity index (χ3v) is 1.45. The van der Waals surface area contributed by atoms with Crippen molar-refractivity contribution in [3.63, 3.8) is 0 Å². The molecule has 1 N–H and O–H groups in total. The van der Waals surface area contributed by atoms with Gasteiger partial charge in [-0.2, -0.15) is 0 Å². The summed E-state index contributed by atoms with van der Waals surface area (Å²) in [6, 6.07) is 0.594. The molecule has 0 bridgehead atoms. The zero-order valence-electron chi connectivity index (χ0n) is 7.31. The zero-order chi connectivity index (χ0) is 7.82. The van der Waals surface area contributed by atoms with Crippen LogP contribution in [0.25, 0.3) is 0 Å². The fourth-order valence-corrected chi connectivity index (χ4v) is 0.855. The first kappa shape index (κ1) is 9.92. The Morgan fingerprint density at radius 1 is 1.40 bits per heavy atom. The third kappa shape index (κ3) is 6.05. The van der Waals surface area contributed by atoms with E-state index in [9.17, 15) is 0 Å². The minimum absolute atomic E-state index is 0.594. The van der Waals surface area contributed by atoms with Crippen molar-refractivity contribution in [1.29, 1.82) is 0 Å². The van der Waals surface area contributed by atoms with Crippen LogP contribution in [0.2, 0.25) is 0 Å². The Hall–Kier alpha value is -0.0800. The lowest BCUT2D eigenvalue weighted by Crippen LogP contribution is -2.26. The van der Waals surface area contributed by atoms with Crippen LogP contribution < -0.4 is 5.32 Å². The molecule has 2 nitrogen and oxygen atoms in total. The molecule has 1 unspecified atom stereocenters. The van der Waals surface area contributed by atoms with Crippen LogP contribution in [-0.2, 0) is 4.74 Å². The molecule has 0 saturated carbocycles. The Balaban J connectivity index is 2.97. The highest BCUT2D eigenvalue weighted by atomic mass is 16.5. The van der Waals surface area contributed by atoms with Gasteiger partial charge in [-0.25, -0.2) is 0 Å². The van der Waals surface area contributed by atoms with Crippen LogP contribution in [0, 0.1) is 0 Å². The Kier molecular flexibility index (Phi) is 6.98. The maximum Gasteiger partial charge on any atom is 0.0480 e. The lowest BCUT2D eigenvalue weighted by molar-refractivity contribution is 0.138. The van der Waals surface area contributed by atoms with E-state index in [0.717, 1.165) is 26.2 Å². The van der Waals surface area contributed by atoms with Gasteiger partial charge in [0.05, 0.1) is 0 Å². The quantitative estimate of drug-likeness (QED) is 0.571. The van der Waals surface area contributed by atoms with Crippen molar-refractivity contribution in [3.05, 3.63) is 0 Å².